The summed E-state index contributed by atoms with van der Waals surface area (Å²) in [5.41, 5.74) is 4.15. The number of fused-ring (bicyclic) bond motifs is 2. The molecule has 7 heteroatoms. The second kappa shape index (κ2) is 9.37. The summed E-state index contributed by atoms with van der Waals surface area (Å²) in [5, 5.41) is 11.7. The number of para-hydroxylation sites is 1. The number of ether oxygens (including phenoxy) is 2. The van der Waals surface area contributed by atoms with E-state index in [0.717, 1.165) is 54.0 Å². The van der Waals surface area contributed by atoms with Crippen LogP contribution in [0.5, 0.6) is 11.5 Å². The van der Waals surface area contributed by atoms with Crippen molar-refractivity contribution in [3.8, 4) is 11.5 Å². The molecule has 176 valence electrons. The van der Waals surface area contributed by atoms with Crippen LogP contribution in [0.25, 0.3) is 17.0 Å². The number of hydrogen-bond acceptors (Lipinski definition) is 6. The zero-order chi connectivity index (χ0) is 23.6. The van der Waals surface area contributed by atoms with Gasteiger partial charge in [-0.15, -0.1) is 0 Å². The largest absolute Gasteiger partial charge is 0.488 e. The molecule has 7 nitrogen and oxygen atoms in total. The molecule has 35 heavy (non-hydrogen) atoms. The number of ketones is 1. The van der Waals surface area contributed by atoms with Crippen molar-refractivity contribution in [3.05, 3.63) is 94.9 Å². The smallest absolute Gasteiger partial charge is 0.232 e. The monoisotopic (exact) mass is 466 g/mol. The highest BCUT2D eigenvalue weighted by molar-refractivity contribution is 6.15. The Labute approximate surface area is 203 Å². The lowest BCUT2D eigenvalue weighted by Crippen LogP contribution is -2.43. The first-order valence-electron chi connectivity index (χ1n) is 11.9. The van der Waals surface area contributed by atoms with E-state index in [1.807, 2.05) is 66.7 Å². The fourth-order valence-corrected chi connectivity index (χ4v) is 4.62. The molecule has 0 radical (unpaired) electrons. The Morgan fingerprint density at radius 3 is 2.66 bits per heavy atom. The van der Waals surface area contributed by atoms with Crippen LogP contribution < -0.4 is 14.8 Å². The van der Waals surface area contributed by atoms with Gasteiger partial charge in [-0.25, -0.2) is 0 Å². The van der Waals surface area contributed by atoms with Gasteiger partial charge < -0.3 is 14.8 Å². The predicted molar refractivity (Wildman–Crippen MR) is 134 cm³/mol. The van der Waals surface area contributed by atoms with E-state index in [-0.39, 0.29) is 11.5 Å². The summed E-state index contributed by atoms with van der Waals surface area (Å²) in [4.78, 5) is 15.7. The van der Waals surface area contributed by atoms with Gasteiger partial charge in [-0.05, 0) is 23.8 Å². The summed E-state index contributed by atoms with van der Waals surface area (Å²) >= 11 is 0. The number of aromatic amines is 1. The molecule has 0 amide bonds. The van der Waals surface area contributed by atoms with Crippen LogP contribution in [0.2, 0.25) is 0 Å². The lowest BCUT2D eigenvalue weighted by Gasteiger charge is -2.28. The van der Waals surface area contributed by atoms with Gasteiger partial charge in [-0.2, -0.15) is 5.10 Å². The second-order valence-corrected chi connectivity index (χ2v) is 8.81. The third-order valence-corrected chi connectivity index (χ3v) is 6.49. The number of carbonyl (C=O) groups is 1. The van der Waals surface area contributed by atoms with Crippen molar-refractivity contribution in [1.82, 2.24) is 20.4 Å². The van der Waals surface area contributed by atoms with Gasteiger partial charge in [0.05, 0.1) is 22.3 Å². The van der Waals surface area contributed by atoms with E-state index >= 15 is 0 Å². The molecule has 0 bridgehead atoms. The molecule has 2 N–H and O–H groups in total. The summed E-state index contributed by atoms with van der Waals surface area (Å²) < 4.78 is 12.5. The number of piperazine rings is 1. The summed E-state index contributed by atoms with van der Waals surface area (Å²) in [7, 11) is 0. The molecule has 0 unspecified atom stereocenters. The maximum absolute atomic E-state index is 13.3. The Hall–Kier alpha value is -3.94. The van der Waals surface area contributed by atoms with E-state index in [1.54, 1.807) is 6.08 Å². The maximum Gasteiger partial charge on any atom is 0.232 e. The number of H-pyrrole nitrogens is 1. The van der Waals surface area contributed by atoms with Crippen LogP contribution in [-0.4, -0.2) is 47.1 Å². The van der Waals surface area contributed by atoms with Crippen molar-refractivity contribution < 1.29 is 14.3 Å². The first-order chi connectivity index (χ1) is 17.3. The molecule has 1 fully saturated rings. The Balaban J connectivity index is 1.34. The average Bonchev–Trinajstić information content (AvgIpc) is 3.46. The van der Waals surface area contributed by atoms with Gasteiger partial charge in [0.1, 0.15) is 18.1 Å². The van der Waals surface area contributed by atoms with Crippen LogP contribution in [-0.2, 0) is 13.2 Å². The Morgan fingerprint density at radius 1 is 1.00 bits per heavy atom. The van der Waals surface area contributed by atoms with Crippen LogP contribution in [0.1, 0.15) is 27.2 Å². The van der Waals surface area contributed by atoms with Gasteiger partial charge in [-0.1, -0.05) is 48.5 Å². The van der Waals surface area contributed by atoms with Gasteiger partial charge in [0, 0.05) is 44.2 Å². The fourth-order valence-electron chi connectivity index (χ4n) is 4.62. The van der Waals surface area contributed by atoms with Crippen molar-refractivity contribution in [3.63, 3.8) is 0 Å². The summed E-state index contributed by atoms with van der Waals surface area (Å²) in [6, 6.07) is 21.6. The average molecular weight is 467 g/mol. The number of Topliss-reactive ketones (excluding diaryl/α,β-unsaturated/α-hetero) is 1. The maximum atomic E-state index is 13.3. The van der Waals surface area contributed by atoms with Crippen molar-refractivity contribution in [2.24, 2.45) is 0 Å². The molecule has 0 atom stereocenters. The normalized spacial score (nSPS) is 17.0. The van der Waals surface area contributed by atoms with Crippen molar-refractivity contribution in [1.29, 1.82) is 0 Å². The number of benzene rings is 3. The van der Waals surface area contributed by atoms with Crippen LogP contribution in [0.3, 0.4) is 0 Å². The highest BCUT2D eigenvalue weighted by atomic mass is 16.5. The van der Waals surface area contributed by atoms with Crippen LogP contribution in [0, 0.1) is 0 Å². The van der Waals surface area contributed by atoms with Gasteiger partial charge in [0.15, 0.2) is 5.76 Å². The molecule has 0 aliphatic carbocycles. The third-order valence-electron chi connectivity index (χ3n) is 6.49. The number of nitrogens with zero attached hydrogens (tertiary/aromatic N) is 2. The first-order valence-corrected chi connectivity index (χ1v) is 11.9. The molecule has 0 spiro atoms. The number of allylic oxidation sites excluding steroid dienone is 1. The van der Waals surface area contributed by atoms with Gasteiger partial charge in [0.25, 0.3) is 0 Å². The lowest BCUT2D eigenvalue weighted by molar-refractivity contribution is 0.101. The number of rotatable bonds is 6. The summed E-state index contributed by atoms with van der Waals surface area (Å²) in [5.74, 6) is 1.47. The van der Waals surface area contributed by atoms with Crippen LogP contribution >= 0.6 is 0 Å². The standard InChI is InChI=1S/C28H26N4O3/c33-27-21-10-11-25(34-18-19-6-2-1-3-7-19)22(17-32-14-12-29-13-15-32)28(21)35-26(27)16-24-20-8-4-5-9-23(20)30-31-24/h1-11,16,29H,12-15,17-18H2,(H,30,31)/b26-16-. The molecule has 0 saturated carbocycles. The van der Waals surface area contributed by atoms with E-state index in [1.165, 1.54) is 0 Å². The second-order valence-electron chi connectivity index (χ2n) is 8.81. The van der Waals surface area contributed by atoms with Crippen LogP contribution in [0.4, 0.5) is 0 Å². The highest BCUT2D eigenvalue weighted by Gasteiger charge is 2.32. The van der Waals surface area contributed by atoms with Gasteiger partial charge in [0.2, 0.25) is 5.78 Å². The molecule has 2 aliphatic rings. The zero-order valence-electron chi connectivity index (χ0n) is 19.3. The summed E-state index contributed by atoms with van der Waals surface area (Å²) in [6.45, 7) is 4.83. The van der Waals surface area contributed by atoms with Crippen molar-refractivity contribution in [2.75, 3.05) is 26.2 Å². The van der Waals surface area contributed by atoms with Crippen LogP contribution in [0.15, 0.2) is 72.5 Å². The summed E-state index contributed by atoms with van der Waals surface area (Å²) in [6.07, 6.45) is 1.72. The minimum absolute atomic E-state index is 0.136. The highest BCUT2D eigenvalue weighted by Crippen LogP contribution is 2.41. The topological polar surface area (TPSA) is 79.5 Å². The Kier molecular flexibility index (Phi) is 5.78. The number of hydrogen-bond donors (Lipinski definition) is 2. The lowest BCUT2D eigenvalue weighted by atomic mass is 10.0. The number of aromatic nitrogens is 2. The Bertz CT molecular complexity index is 1400. The quantitative estimate of drug-likeness (QED) is 0.416. The van der Waals surface area contributed by atoms with E-state index in [4.69, 9.17) is 9.47 Å². The van der Waals surface area contributed by atoms with Gasteiger partial charge >= 0.3 is 0 Å². The van der Waals surface area contributed by atoms with Gasteiger partial charge in [-0.3, -0.25) is 14.8 Å². The minimum Gasteiger partial charge on any atom is -0.488 e. The minimum atomic E-state index is -0.136. The molecule has 4 aromatic rings. The molecule has 1 saturated heterocycles. The van der Waals surface area contributed by atoms with Crippen molar-refractivity contribution >= 4 is 22.8 Å². The van der Waals surface area contributed by atoms with E-state index in [9.17, 15) is 4.79 Å². The molecule has 1 aromatic heterocycles. The molecular formula is C28H26N4O3. The third kappa shape index (κ3) is 4.32. The number of carbonyl (C=O) groups excluding carboxylic acids is 1. The van der Waals surface area contributed by atoms with E-state index in [2.05, 4.69) is 20.4 Å². The van der Waals surface area contributed by atoms with E-state index < -0.39 is 0 Å². The molecule has 3 aromatic carbocycles. The molecule has 6 rings (SSSR count). The molecule has 3 heterocycles. The fraction of sp³-hybridized carbons (Fsp3) is 0.214. The zero-order valence-corrected chi connectivity index (χ0v) is 19.3. The predicted octanol–water partition coefficient (Wildman–Crippen LogP) is 4.16. The van der Waals surface area contributed by atoms with E-state index in [0.29, 0.717) is 30.2 Å². The number of nitrogens with one attached hydrogen (secondary N) is 2. The first kappa shape index (κ1) is 21.6. The van der Waals surface area contributed by atoms with Crippen molar-refractivity contribution in [2.45, 2.75) is 13.2 Å². The molecule has 2 aliphatic heterocycles. The SMILES string of the molecule is O=C1/C(=C/c2n[nH]c3ccccc23)Oc2c1ccc(OCc1ccccc1)c2CN1CCNCC1. The Morgan fingerprint density at radius 2 is 1.80 bits per heavy atom. The molecular weight excluding hydrogens is 440 g/mol.